The lowest BCUT2D eigenvalue weighted by atomic mass is 10.3. The summed E-state index contributed by atoms with van der Waals surface area (Å²) in [4.78, 5) is 32.5. The molecule has 0 radical (unpaired) electrons. The van der Waals surface area contributed by atoms with Crippen molar-refractivity contribution in [2.45, 2.75) is 26.2 Å². The zero-order chi connectivity index (χ0) is 20.6. The number of benzene rings is 1. The van der Waals surface area contributed by atoms with Crippen LogP contribution in [0.5, 0.6) is 5.75 Å². The first-order valence-electron chi connectivity index (χ1n) is 9.12. The smallest absolute Gasteiger partial charge is 0.303 e. The topological polar surface area (TPSA) is 123 Å². The standard InChI is InChI=1S/C19H28N2O7/c1-15(22)21-16-3-5-17(6-4-16)28-14-13-27-12-11-26-10-2-9-20-18(23)7-8-19(24)25/h3-6H,2,7-14H2,1H3,(H,20,23)(H,21,22)(H,24,25). The predicted molar refractivity (Wildman–Crippen MR) is 102 cm³/mol. The van der Waals surface area contributed by atoms with Gasteiger partial charge in [-0.05, 0) is 30.7 Å². The number of carboxylic acids is 1. The van der Waals surface area contributed by atoms with Gasteiger partial charge in [0, 0.05) is 32.2 Å². The summed E-state index contributed by atoms with van der Waals surface area (Å²) >= 11 is 0. The molecule has 0 aliphatic heterocycles. The first-order chi connectivity index (χ1) is 13.5. The van der Waals surface area contributed by atoms with Gasteiger partial charge in [-0.25, -0.2) is 0 Å². The van der Waals surface area contributed by atoms with Crippen molar-refractivity contribution in [3.63, 3.8) is 0 Å². The largest absolute Gasteiger partial charge is 0.491 e. The summed E-state index contributed by atoms with van der Waals surface area (Å²) in [7, 11) is 0. The third-order valence-corrected chi connectivity index (χ3v) is 3.40. The Kier molecular flexibility index (Phi) is 12.0. The maximum atomic E-state index is 11.3. The van der Waals surface area contributed by atoms with Gasteiger partial charge in [0.05, 0.1) is 26.2 Å². The Balaban J connectivity index is 1.91. The molecule has 0 fully saturated rings. The Labute approximate surface area is 164 Å². The van der Waals surface area contributed by atoms with Crippen LogP contribution in [0.4, 0.5) is 5.69 Å². The van der Waals surface area contributed by atoms with Crippen molar-refractivity contribution in [3.05, 3.63) is 24.3 Å². The Hall–Kier alpha value is -2.65. The molecule has 0 aromatic heterocycles. The lowest BCUT2D eigenvalue weighted by molar-refractivity contribution is -0.138. The van der Waals surface area contributed by atoms with Gasteiger partial charge in [-0.3, -0.25) is 14.4 Å². The van der Waals surface area contributed by atoms with Crippen LogP contribution >= 0.6 is 0 Å². The molecular formula is C19H28N2O7. The minimum atomic E-state index is -0.983. The molecule has 2 amide bonds. The molecule has 0 spiro atoms. The van der Waals surface area contributed by atoms with Gasteiger partial charge in [0.15, 0.2) is 0 Å². The highest BCUT2D eigenvalue weighted by Crippen LogP contribution is 2.15. The average molecular weight is 396 g/mol. The van der Waals surface area contributed by atoms with Crippen molar-refractivity contribution in [3.8, 4) is 5.75 Å². The first-order valence-corrected chi connectivity index (χ1v) is 9.12. The van der Waals surface area contributed by atoms with E-state index in [1.807, 2.05) is 0 Å². The summed E-state index contributed by atoms with van der Waals surface area (Å²) < 4.78 is 16.3. The zero-order valence-corrected chi connectivity index (χ0v) is 16.1. The third kappa shape index (κ3) is 12.7. The minimum Gasteiger partial charge on any atom is -0.491 e. The molecule has 9 heteroatoms. The minimum absolute atomic E-state index is 0.00838. The third-order valence-electron chi connectivity index (χ3n) is 3.40. The first kappa shape index (κ1) is 23.4. The van der Waals surface area contributed by atoms with Gasteiger partial charge in [0.1, 0.15) is 12.4 Å². The van der Waals surface area contributed by atoms with Gasteiger partial charge in [-0.1, -0.05) is 0 Å². The summed E-state index contributed by atoms with van der Waals surface area (Å²) in [5, 5.41) is 13.8. The zero-order valence-electron chi connectivity index (χ0n) is 16.1. The number of amides is 2. The van der Waals surface area contributed by atoms with Crippen LogP contribution in [0.1, 0.15) is 26.2 Å². The summed E-state index contributed by atoms with van der Waals surface area (Å²) in [6.45, 7) is 4.11. The summed E-state index contributed by atoms with van der Waals surface area (Å²) in [5.74, 6) is -0.677. The number of hydrogen-bond donors (Lipinski definition) is 3. The fraction of sp³-hybridized carbons (Fsp3) is 0.526. The van der Waals surface area contributed by atoms with Crippen molar-refractivity contribution >= 4 is 23.5 Å². The number of carbonyl (C=O) groups is 3. The van der Waals surface area contributed by atoms with Gasteiger partial charge in [-0.2, -0.15) is 0 Å². The maximum Gasteiger partial charge on any atom is 0.303 e. The fourth-order valence-electron chi connectivity index (χ4n) is 2.09. The normalized spacial score (nSPS) is 10.3. The molecule has 0 heterocycles. The van der Waals surface area contributed by atoms with Gasteiger partial charge in [-0.15, -0.1) is 0 Å². The Bertz CT molecular complexity index is 605. The Morgan fingerprint density at radius 2 is 1.57 bits per heavy atom. The fourth-order valence-corrected chi connectivity index (χ4v) is 2.09. The van der Waals surface area contributed by atoms with E-state index in [2.05, 4.69) is 10.6 Å². The van der Waals surface area contributed by atoms with Crippen LogP contribution in [0.25, 0.3) is 0 Å². The van der Waals surface area contributed by atoms with Crippen molar-refractivity contribution in [2.24, 2.45) is 0 Å². The Morgan fingerprint density at radius 1 is 0.929 bits per heavy atom. The second-order valence-electron chi connectivity index (χ2n) is 5.88. The lowest BCUT2D eigenvalue weighted by Gasteiger charge is -2.09. The van der Waals surface area contributed by atoms with Gasteiger partial charge in [0.2, 0.25) is 11.8 Å². The molecule has 28 heavy (non-hydrogen) atoms. The van der Waals surface area contributed by atoms with E-state index in [1.54, 1.807) is 24.3 Å². The molecule has 0 aliphatic rings. The van der Waals surface area contributed by atoms with Crippen LogP contribution in [0, 0.1) is 0 Å². The highest BCUT2D eigenvalue weighted by atomic mass is 16.5. The van der Waals surface area contributed by atoms with E-state index >= 15 is 0 Å². The molecule has 9 nitrogen and oxygen atoms in total. The number of carbonyl (C=O) groups excluding carboxylic acids is 2. The molecular weight excluding hydrogens is 368 g/mol. The molecule has 0 saturated heterocycles. The van der Waals surface area contributed by atoms with Crippen molar-refractivity contribution in [2.75, 3.05) is 44.9 Å². The molecule has 1 aromatic carbocycles. The lowest BCUT2D eigenvalue weighted by Crippen LogP contribution is -2.25. The molecule has 3 N–H and O–H groups in total. The van der Waals surface area contributed by atoms with Crippen molar-refractivity contribution < 1.29 is 33.7 Å². The van der Waals surface area contributed by atoms with Gasteiger partial charge in [0.25, 0.3) is 0 Å². The van der Waals surface area contributed by atoms with Crippen LogP contribution in [-0.2, 0) is 23.9 Å². The quantitative estimate of drug-likeness (QED) is 0.383. The molecule has 1 rings (SSSR count). The van der Waals surface area contributed by atoms with E-state index in [4.69, 9.17) is 19.3 Å². The number of anilines is 1. The van der Waals surface area contributed by atoms with Crippen LogP contribution in [0.3, 0.4) is 0 Å². The van der Waals surface area contributed by atoms with Crippen LogP contribution in [0.15, 0.2) is 24.3 Å². The molecule has 0 bridgehead atoms. The molecule has 0 aliphatic carbocycles. The maximum absolute atomic E-state index is 11.3. The number of ether oxygens (including phenoxy) is 3. The van der Waals surface area contributed by atoms with Crippen LogP contribution < -0.4 is 15.4 Å². The number of aliphatic carboxylic acids is 1. The van der Waals surface area contributed by atoms with E-state index in [1.165, 1.54) is 6.92 Å². The van der Waals surface area contributed by atoms with Crippen LogP contribution in [-0.4, -0.2) is 62.5 Å². The predicted octanol–water partition coefficient (Wildman–Crippen LogP) is 1.43. The molecule has 0 atom stereocenters. The number of rotatable bonds is 15. The van der Waals surface area contributed by atoms with E-state index in [0.29, 0.717) is 57.4 Å². The number of nitrogens with one attached hydrogen (secondary N) is 2. The summed E-state index contributed by atoms with van der Waals surface area (Å²) in [6.07, 6.45) is 0.480. The summed E-state index contributed by atoms with van der Waals surface area (Å²) in [6, 6.07) is 7.07. The second-order valence-corrected chi connectivity index (χ2v) is 5.88. The molecule has 156 valence electrons. The van der Waals surface area contributed by atoms with Crippen molar-refractivity contribution in [1.29, 1.82) is 0 Å². The number of hydrogen-bond acceptors (Lipinski definition) is 6. The molecule has 0 unspecified atom stereocenters. The summed E-state index contributed by atoms with van der Waals surface area (Å²) in [5.41, 5.74) is 0.716. The SMILES string of the molecule is CC(=O)Nc1ccc(OCCOCCOCCCNC(=O)CCC(=O)O)cc1. The van der Waals surface area contributed by atoms with E-state index in [0.717, 1.165) is 0 Å². The number of carboxylic acid groups (broad SMARTS) is 1. The monoisotopic (exact) mass is 396 g/mol. The van der Waals surface area contributed by atoms with E-state index < -0.39 is 5.97 Å². The molecule has 0 saturated carbocycles. The van der Waals surface area contributed by atoms with E-state index in [-0.39, 0.29) is 24.7 Å². The second kappa shape index (κ2) is 14.4. The Morgan fingerprint density at radius 3 is 2.21 bits per heavy atom. The average Bonchev–Trinajstić information content (AvgIpc) is 2.65. The molecule has 1 aromatic rings. The van der Waals surface area contributed by atoms with Gasteiger partial charge < -0.3 is 30.0 Å². The van der Waals surface area contributed by atoms with Gasteiger partial charge >= 0.3 is 5.97 Å². The highest BCUT2D eigenvalue weighted by molar-refractivity contribution is 5.88. The van der Waals surface area contributed by atoms with Crippen molar-refractivity contribution in [1.82, 2.24) is 5.32 Å². The van der Waals surface area contributed by atoms with Crippen LogP contribution in [0.2, 0.25) is 0 Å². The highest BCUT2D eigenvalue weighted by Gasteiger charge is 2.04. The van der Waals surface area contributed by atoms with E-state index in [9.17, 15) is 14.4 Å².